The molecule has 1 heterocycles. The van der Waals surface area contributed by atoms with E-state index in [1.807, 2.05) is 6.26 Å². The Hall–Kier alpha value is -1.50. The molecule has 1 unspecified atom stereocenters. The van der Waals surface area contributed by atoms with Crippen LogP contribution in [0.2, 0.25) is 0 Å². The van der Waals surface area contributed by atoms with Gasteiger partial charge in [0.25, 0.3) is 0 Å². The van der Waals surface area contributed by atoms with Crippen molar-refractivity contribution in [3.05, 3.63) is 6.07 Å². The zero-order chi connectivity index (χ0) is 11.4. The van der Waals surface area contributed by atoms with Crippen LogP contribution in [-0.2, 0) is 4.79 Å². The van der Waals surface area contributed by atoms with Crippen molar-refractivity contribution in [1.29, 1.82) is 0 Å². The Balaban J connectivity index is 2.85. The fourth-order valence-corrected chi connectivity index (χ4v) is 1.29. The van der Waals surface area contributed by atoms with Gasteiger partial charge in [0.15, 0.2) is 5.16 Å². The summed E-state index contributed by atoms with van der Waals surface area (Å²) < 4.78 is 0. The topological polar surface area (TPSA) is 107 Å². The Bertz CT molecular complexity index is 370. The van der Waals surface area contributed by atoms with E-state index in [1.54, 1.807) is 13.0 Å². The van der Waals surface area contributed by atoms with E-state index >= 15 is 0 Å². The van der Waals surface area contributed by atoms with E-state index < -0.39 is 11.9 Å². The Labute approximate surface area is 91.8 Å². The number of amides is 1. The number of nitrogen functional groups attached to an aromatic ring is 1. The lowest BCUT2D eigenvalue weighted by Crippen LogP contribution is -2.32. The van der Waals surface area contributed by atoms with Crippen molar-refractivity contribution in [2.45, 2.75) is 18.1 Å². The van der Waals surface area contributed by atoms with Gasteiger partial charge < -0.3 is 16.8 Å². The van der Waals surface area contributed by atoms with Gasteiger partial charge in [0, 0.05) is 6.07 Å². The highest BCUT2D eigenvalue weighted by Gasteiger charge is 2.10. The van der Waals surface area contributed by atoms with Gasteiger partial charge in [-0.1, -0.05) is 11.8 Å². The second-order valence-corrected chi connectivity index (χ2v) is 3.71. The smallest absolute Gasteiger partial charge is 0.239 e. The number of carbonyl (C=O) groups excluding carboxylic acids is 1. The normalized spacial score (nSPS) is 12.1. The van der Waals surface area contributed by atoms with E-state index in [0.29, 0.717) is 16.8 Å². The molecule has 5 N–H and O–H groups in total. The monoisotopic (exact) mass is 227 g/mol. The lowest BCUT2D eigenvalue weighted by molar-refractivity contribution is -0.118. The van der Waals surface area contributed by atoms with Crippen LogP contribution in [0, 0.1) is 0 Å². The highest BCUT2D eigenvalue weighted by Crippen LogP contribution is 2.15. The molecule has 0 aliphatic carbocycles. The van der Waals surface area contributed by atoms with Crippen LogP contribution in [-0.4, -0.2) is 28.2 Å². The standard InChI is InChI=1S/C8H13N5OS/c1-4(7(10)14)11-6-3-5(9)12-8(13-6)15-2/h3-4H,1-2H3,(H2,10,14)(H3,9,11,12,13). The van der Waals surface area contributed by atoms with Crippen LogP contribution >= 0.6 is 11.8 Å². The van der Waals surface area contributed by atoms with Gasteiger partial charge in [-0.3, -0.25) is 4.79 Å². The third kappa shape index (κ3) is 3.28. The minimum atomic E-state index is -0.492. The Morgan fingerprint density at radius 2 is 2.27 bits per heavy atom. The predicted molar refractivity (Wildman–Crippen MR) is 60.5 cm³/mol. The van der Waals surface area contributed by atoms with E-state index in [9.17, 15) is 4.79 Å². The number of nitrogens with two attached hydrogens (primary N) is 2. The molecule has 1 atom stereocenters. The van der Waals surface area contributed by atoms with Crippen molar-refractivity contribution in [3.8, 4) is 0 Å². The average Bonchev–Trinajstić information content (AvgIpc) is 2.16. The number of thioether (sulfide) groups is 1. The summed E-state index contributed by atoms with van der Waals surface area (Å²) in [5.74, 6) is 0.407. The highest BCUT2D eigenvalue weighted by molar-refractivity contribution is 7.98. The first-order valence-corrected chi connectivity index (χ1v) is 5.50. The molecule has 0 aliphatic heterocycles. The van der Waals surface area contributed by atoms with Gasteiger partial charge in [0.2, 0.25) is 5.91 Å². The molecule has 6 nitrogen and oxygen atoms in total. The maximum atomic E-state index is 10.8. The number of nitrogens with one attached hydrogen (secondary N) is 1. The summed E-state index contributed by atoms with van der Waals surface area (Å²) in [6, 6.07) is 1.06. The maximum absolute atomic E-state index is 10.8. The number of aromatic nitrogens is 2. The summed E-state index contributed by atoms with van der Waals surface area (Å²) in [7, 11) is 0. The maximum Gasteiger partial charge on any atom is 0.239 e. The van der Waals surface area contributed by atoms with E-state index in [2.05, 4.69) is 15.3 Å². The number of anilines is 2. The summed E-state index contributed by atoms with van der Waals surface area (Å²) in [6.07, 6.45) is 1.84. The number of primary amides is 1. The summed E-state index contributed by atoms with van der Waals surface area (Å²) in [5, 5.41) is 3.39. The molecule has 1 rings (SSSR count). The molecule has 0 radical (unpaired) electrons. The van der Waals surface area contributed by atoms with E-state index in [4.69, 9.17) is 11.5 Å². The Kier molecular flexibility index (Phi) is 3.73. The van der Waals surface area contributed by atoms with Crippen LogP contribution in [0.4, 0.5) is 11.6 Å². The highest BCUT2D eigenvalue weighted by atomic mass is 32.2. The van der Waals surface area contributed by atoms with Crippen LogP contribution in [0.5, 0.6) is 0 Å². The number of hydrogen-bond donors (Lipinski definition) is 3. The van der Waals surface area contributed by atoms with Crippen LogP contribution in [0.15, 0.2) is 11.2 Å². The number of nitrogens with zero attached hydrogens (tertiary/aromatic N) is 2. The van der Waals surface area contributed by atoms with Gasteiger partial charge in [-0.15, -0.1) is 0 Å². The fourth-order valence-electron chi connectivity index (χ4n) is 0.901. The molecular formula is C8H13N5OS. The molecule has 0 saturated heterocycles. The Morgan fingerprint density at radius 3 is 2.80 bits per heavy atom. The fraction of sp³-hybridized carbons (Fsp3) is 0.375. The molecule has 1 amide bonds. The summed E-state index contributed by atoms with van der Waals surface area (Å²) in [5.41, 5.74) is 10.7. The molecule has 1 aromatic rings. The molecule has 0 spiro atoms. The predicted octanol–water partition coefficient (Wildman–Crippen LogP) is 0.0664. The van der Waals surface area contributed by atoms with E-state index in [0.717, 1.165) is 0 Å². The second kappa shape index (κ2) is 4.83. The minimum Gasteiger partial charge on any atom is -0.383 e. The number of hydrogen-bond acceptors (Lipinski definition) is 6. The lowest BCUT2D eigenvalue weighted by Gasteiger charge is -2.11. The minimum absolute atomic E-state index is 0.355. The van der Waals surface area contributed by atoms with Crippen molar-refractivity contribution in [3.63, 3.8) is 0 Å². The first-order valence-electron chi connectivity index (χ1n) is 4.27. The molecule has 82 valence electrons. The van der Waals surface area contributed by atoms with Gasteiger partial charge in [-0.05, 0) is 13.2 Å². The average molecular weight is 227 g/mol. The lowest BCUT2D eigenvalue weighted by atomic mass is 10.3. The SMILES string of the molecule is CSc1nc(N)cc(NC(C)C(N)=O)n1. The first-order chi connectivity index (χ1) is 7.02. The quantitative estimate of drug-likeness (QED) is 0.496. The molecule has 1 aromatic heterocycles. The van der Waals surface area contributed by atoms with Gasteiger partial charge in [0.05, 0.1) is 0 Å². The molecule has 0 aliphatic rings. The van der Waals surface area contributed by atoms with Crippen LogP contribution < -0.4 is 16.8 Å². The Morgan fingerprint density at radius 1 is 1.60 bits per heavy atom. The third-order valence-corrected chi connectivity index (χ3v) is 2.25. The number of carbonyl (C=O) groups is 1. The first kappa shape index (κ1) is 11.6. The molecular weight excluding hydrogens is 214 g/mol. The van der Waals surface area contributed by atoms with Crippen molar-refractivity contribution < 1.29 is 4.79 Å². The van der Waals surface area contributed by atoms with E-state index in [1.165, 1.54) is 11.8 Å². The molecule has 7 heteroatoms. The molecule has 0 fully saturated rings. The van der Waals surface area contributed by atoms with Crippen molar-refractivity contribution in [2.75, 3.05) is 17.3 Å². The van der Waals surface area contributed by atoms with Gasteiger partial charge in [-0.2, -0.15) is 0 Å². The van der Waals surface area contributed by atoms with Gasteiger partial charge >= 0.3 is 0 Å². The van der Waals surface area contributed by atoms with Crippen molar-refractivity contribution >= 4 is 29.3 Å². The van der Waals surface area contributed by atoms with Crippen molar-refractivity contribution in [1.82, 2.24) is 9.97 Å². The zero-order valence-electron chi connectivity index (χ0n) is 8.52. The van der Waals surface area contributed by atoms with Crippen LogP contribution in [0.25, 0.3) is 0 Å². The molecule has 0 saturated carbocycles. The van der Waals surface area contributed by atoms with Gasteiger partial charge in [-0.25, -0.2) is 9.97 Å². The number of rotatable bonds is 4. The summed E-state index contributed by atoms with van der Waals surface area (Å²) >= 11 is 1.37. The van der Waals surface area contributed by atoms with Crippen molar-refractivity contribution in [2.24, 2.45) is 5.73 Å². The van der Waals surface area contributed by atoms with Crippen LogP contribution in [0.1, 0.15) is 6.92 Å². The molecule has 0 bridgehead atoms. The molecule has 15 heavy (non-hydrogen) atoms. The third-order valence-electron chi connectivity index (χ3n) is 1.70. The largest absolute Gasteiger partial charge is 0.383 e. The van der Waals surface area contributed by atoms with E-state index in [-0.39, 0.29) is 0 Å². The second-order valence-electron chi connectivity index (χ2n) is 2.93. The van der Waals surface area contributed by atoms with Crippen LogP contribution in [0.3, 0.4) is 0 Å². The van der Waals surface area contributed by atoms with Gasteiger partial charge in [0.1, 0.15) is 17.7 Å². The molecule has 0 aromatic carbocycles. The summed E-state index contributed by atoms with van der Waals surface area (Å²) in [4.78, 5) is 18.9. The summed E-state index contributed by atoms with van der Waals surface area (Å²) in [6.45, 7) is 1.65. The zero-order valence-corrected chi connectivity index (χ0v) is 9.34.